The minimum Gasteiger partial charge on any atom is -0.383 e. The first-order valence-electron chi connectivity index (χ1n) is 10.2. The Morgan fingerprint density at radius 2 is 1.84 bits per heavy atom. The molecular weight excluding hydrogens is 406 g/mol. The van der Waals surface area contributed by atoms with Gasteiger partial charge in [-0.1, -0.05) is 30.3 Å². The number of para-hydroxylation sites is 1. The third-order valence-electron chi connectivity index (χ3n) is 5.07. The number of benzene rings is 2. The highest BCUT2D eigenvalue weighted by Gasteiger charge is 2.20. The second kappa shape index (κ2) is 8.84. The number of aldehydes is 1. The fourth-order valence-electron chi connectivity index (χ4n) is 3.70. The summed E-state index contributed by atoms with van der Waals surface area (Å²) < 4.78 is 1.58. The standard InChI is InChI=1S/C23H23N7O2/c1-14(26-19-13-18(24)28-23(25)29-19)21-27-17-11-5-7-15(8-6-12-31)20(17)22(32)30(21)16-9-3-2-4-10-16/h2-5,7,9-14H,6,8H2,1H3,(H5,24,25,26,28,29)/t14-/m0/s1. The Bertz CT molecular complexity index is 1320. The molecule has 0 spiro atoms. The summed E-state index contributed by atoms with van der Waals surface area (Å²) in [5.41, 5.74) is 13.3. The van der Waals surface area contributed by atoms with Crippen LogP contribution in [0.3, 0.4) is 0 Å². The van der Waals surface area contributed by atoms with Crippen molar-refractivity contribution >= 4 is 34.8 Å². The Balaban J connectivity index is 1.91. The molecule has 0 saturated heterocycles. The molecule has 4 aromatic rings. The van der Waals surface area contributed by atoms with Gasteiger partial charge in [0.05, 0.1) is 22.6 Å². The molecule has 0 unspecified atom stereocenters. The lowest BCUT2D eigenvalue weighted by atomic mass is 10.0. The molecule has 1 atom stereocenters. The topological polar surface area (TPSA) is 142 Å². The molecule has 0 amide bonds. The van der Waals surface area contributed by atoms with Crippen molar-refractivity contribution in [1.82, 2.24) is 19.5 Å². The molecule has 5 N–H and O–H groups in total. The first-order valence-corrected chi connectivity index (χ1v) is 10.2. The van der Waals surface area contributed by atoms with Crippen LogP contribution in [-0.2, 0) is 11.2 Å². The molecule has 0 saturated carbocycles. The maximum Gasteiger partial charge on any atom is 0.266 e. The van der Waals surface area contributed by atoms with Crippen LogP contribution in [0.4, 0.5) is 17.6 Å². The molecule has 4 rings (SSSR count). The predicted molar refractivity (Wildman–Crippen MR) is 125 cm³/mol. The van der Waals surface area contributed by atoms with Gasteiger partial charge in [0.1, 0.15) is 23.7 Å². The van der Waals surface area contributed by atoms with E-state index in [1.807, 2.05) is 49.4 Å². The molecule has 0 aliphatic heterocycles. The third kappa shape index (κ3) is 4.13. The highest BCUT2D eigenvalue weighted by molar-refractivity contribution is 5.82. The Labute approximate surface area is 184 Å². The first-order chi connectivity index (χ1) is 15.5. The van der Waals surface area contributed by atoms with Gasteiger partial charge in [-0.3, -0.25) is 9.36 Å². The van der Waals surface area contributed by atoms with Crippen LogP contribution >= 0.6 is 0 Å². The van der Waals surface area contributed by atoms with Crippen LogP contribution in [0.15, 0.2) is 59.4 Å². The number of carbonyl (C=O) groups excluding carboxylic acids is 1. The van der Waals surface area contributed by atoms with E-state index in [9.17, 15) is 9.59 Å². The van der Waals surface area contributed by atoms with E-state index >= 15 is 0 Å². The van der Waals surface area contributed by atoms with Crippen LogP contribution in [0.1, 0.15) is 30.8 Å². The van der Waals surface area contributed by atoms with E-state index in [0.717, 1.165) is 11.8 Å². The van der Waals surface area contributed by atoms with Crippen LogP contribution in [0.5, 0.6) is 0 Å². The van der Waals surface area contributed by atoms with E-state index in [1.54, 1.807) is 16.7 Å². The van der Waals surface area contributed by atoms with Crippen molar-refractivity contribution in [3.8, 4) is 5.69 Å². The highest BCUT2D eigenvalue weighted by atomic mass is 16.1. The molecule has 2 heterocycles. The number of nitrogens with one attached hydrogen (secondary N) is 1. The number of anilines is 3. The Kier molecular flexibility index (Phi) is 5.80. The molecule has 32 heavy (non-hydrogen) atoms. The smallest absolute Gasteiger partial charge is 0.266 e. The minimum atomic E-state index is -0.417. The molecule has 0 fully saturated rings. The summed E-state index contributed by atoms with van der Waals surface area (Å²) in [4.78, 5) is 37.5. The number of hydrogen-bond donors (Lipinski definition) is 3. The third-order valence-corrected chi connectivity index (χ3v) is 5.07. The molecule has 0 aliphatic rings. The van der Waals surface area contributed by atoms with Gasteiger partial charge in [0.15, 0.2) is 0 Å². The van der Waals surface area contributed by atoms with E-state index in [-0.39, 0.29) is 17.3 Å². The predicted octanol–water partition coefficient (Wildman–Crippen LogP) is 2.64. The Hall–Kier alpha value is -4.27. The number of nitrogen functional groups attached to an aromatic ring is 2. The van der Waals surface area contributed by atoms with Crippen molar-refractivity contribution in [1.29, 1.82) is 0 Å². The van der Waals surface area contributed by atoms with Crippen molar-refractivity contribution in [2.24, 2.45) is 0 Å². The fourth-order valence-corrected chi connectivity index (χ4v) is 3.70. The SMILES string of the molecule is C[C@H](Nc1cc(N)nc(N)n1)c1nc2cccc(CCC=O)c2c(=O)n1-c1ccccc1. The monoisotopic (exact) mass is 429 g/mol. The lowest BCUT2D eigenvalue weighted by Gasteiger charge is -2.21. The minimum absolute atomic E-state index is 0.0476. The zero-order chi connectivity index (χ0) is 22.7. The summed E-state index contributed by atoms with van der Waals surface area (Å²) in [7, 11) is 0. The summed E-state index contributed by atoms with van der Waals surface area (Å²) in [6, 6.07) is 15.9. The van der Waals surface area contributed by atoms with Crippen LogP contribution in [0.25, 0.3) is 16.6 Å². The second-order valence-corrected chi connectivity index (χ2v) is 7.36. The average molecular weight is 429 g/mol. The highest BCUT2D eigenvalue weighted by Crippen LogP contribution is 2.23. The second-order valence-electron chi connectivity index (χ2n) is 7.36. The van der Waals surface area contributed by atoms with Crippen LogP contribution < -0.4 is 22.3 Å². The van der Waals surface area contributed by atoms with E-state index < -0.39 is 6.04 Å². The van der Waals surface area contributed by atoms with Gasteiger partial charge in [0.25, 0.3) is 5.56 Å². The van der Waals surface area contributed by atoms with Crippen molar-refractivity contribution in [2.45, 2.75) is 25.8 Å². The molecule has 9 heteroatoms. The first kappa shape index (κ1) is 21.0. The van der Waals surface area contributed by atoms with Gasteiger partial charge in [-0.25, -0.2) is 4.98 Å². The van der Waals surface area contributed by atoms with Crippen LogP contribution in [0.2, 0.25) is 0 Å². The van der Waals surface area contributed by atoms with Crippen molar-refractivity contribution < 1.29 is 4.79 Å². The number of carbonyl (C=O) groups is 1. The molecule has 162 valence electrons. The summed E-state index contributed by atoms with van der Waals surface area (Å²) in [5.74, 6) is 1.21. The number of aryl methyl sites for hydroxylation is 1. The summed E-state index contributed by atoms with van der Waals surface area (Å²) in [6.07, 6.45) is 1.65. The number of nitrogens with zero attached hydrogens (tertiary/aromatic N) is 4. The maximum absolute atomic E-state index is 13.7. The van der Waals surface area contributed by atoms with Gasteiger partial charge < -0.3 is 21.6 Å². The van der Waals surface area contributed by atoms with Gasteiger partial charge in [-0.05, 0) is 37.1 Å². The molecular formula is C23H23N7O2. The van der Waals surface area contributed by atoms with Gasteiger partial charge in [0.2, 0.25) is 5.95 Å². The maximum atomic E-state index is 13.7. The average Bonchev–Trinajstić information content (AvgIpc) is 2.77. The molecule has 0 radical (unpaired) electrons. The van der Waals surface area contributed by atoms with Crippen LogP contribution in [0, 0.1) is 0 Å². The molecule has 9 nitrogen and oxygen atoms in total. The van der Waals surface area contributed by atoms with Gasteiger partial charge >= 0.3 is 0 Å². The Morgan fingerprint density at radius 1 is 1.06 bits per heavy atom. The lowest BCUT2D eigenvalue weighted by molar-refractivity contribution is -0.107. The van der Waals surface area contributed by atoms with Gasteiger partial charge in [-0.15, -0.1) is 0 Å². The summed E-state index contributed by atoms with van der Waals surface area (Å²) in [6.45, 7) is 1.87. The molecule has 0 aliphatic carbocycles. The van der Waals surface area contributed by atoms with Crippen molar-refractivity contribution in [3.63, 3.8) is 0 Å². The molecule has 2 aromatic heterocycles. The summed E-state index contributed by atoms with van der Waals surface area (Å²) in [5, 5.41) is 3.72. The zero-order valence-electron chi connectivity index (χ0n) is 17.5. The normalized spacial score (nSPS) is 11.9. The zero-order valence-corrected chi connectivity index (χ0v) is 17.5. The van der Waals surface area contributed by atoms with Crippen molar-refractivity contribution in [2.75, 3.05) is 16.8 Å². The Morgan fingerprint density at radius 3 is 2.56 bits per heavy atom. The largest absolute Gasteiger partial charge is 0.383 e. The number of fused-ring (bicyclic) bond motifs is 1. The van der Waals surface area contributed by atoms with Crippen molar-refractivity contribution in [3.05, 3.63) is 76.3 Å². The fraction of sp³-hybridized carbons (Fsp3) is 0.174. The number of nitrogens with two attached hydrogens (primary N) is 2. The van der Waals surface area contributed by atoms with E-state index in [4.69, 9.17) is 16.5 Å². The number of aromatic nitrogens is 4. The van der Waals surface area contributed by atoms with Gasteiger partial charge in [0, 0.05) is 12.5 Å². The quantitative estimate of drug-likeness (QED) is 0.381. The summed E-state index contributed by atoms with van der Waals surface area (Å²) >= 11 is 0. The number of rotatable bonds is 7. The van der Waals surface area contributed by atoms with Crippen LogP contribution in [-0.4, -0.2) is 25.8 Å². The number of hydrogen-bond acceptors (Lipinski definition) is 8. The van der Waals surface area contributed by atoms with E-state index in [2.05, 4.69) is 15.3 Å². The molecule has 0 bridgehead atoms. The lowest BCUT2D eigenvalue weighted by Crippen LogP contribution is -2.28. The van der Waals surface area contributed by atoms with E-state index in [1.165, 1.54) is 0 Å². The van der Waals surface area contributed by atoms with Gasteiger partial charge in [-0.2, -0.15) is 9.97 Å². The van der Waals surface area contributed by atoms with E-state index in [0.29, 0.717) is 41.1 Å². The molecule has 2 aromatic carbocycles.